The Kier molecular flexibility index (Phi) is 5.43. The first-order valence-corrected chi connectivity index (χ1v) is 8.90. The van der Waals surface area contributed by atoms with Gasteiger partial charge in [-0.25, -0.2) is 4.57 Å². The third-order valence-corrected chi connectivity index (χ3v) is 4.42. The zero-order chi connectivity index (χ0) is 18.5. The standard InChI is InChI=1S/C18H17N5O2S/c1-12-10-14(8-9-19-12)17-21-22-18(23(17)13(2)24)26-11-16(25)20-15-6-4-3-5-7-15/h3-10H,11H2,1-2H3,(H,20,25). The van der Waals surface area contributed by atoms with Crippen molar-refractivity contribution in [3.63, 3.8) is 0 Å². The summed E-state index contributed by atoms with van der Waals surface area (Å²) in [7, 11) is 0. The minimum absolute atomic E-state index is 0.121. The number of hydrogen-bond donors (Lipinski definition) is 1. The van der Waals surface area contributed by atoms with Crippen molar-refractivity contribution < 1.29 is 9.59 Å². The maximum Gasteiger partial charge on any atom is 0.234 e. The Labute approximate surface area is 154 Å². The fourth-order valence-electron chi connectivity index (χ4n) is 2.37. The fourth-order valence-corrected chi connectivity index (χ4v) is 3.14. The first kappa shape index (κ1) is 17.8. The number of hydrogen-bond acceptors (Lipinski definition) is 6. The molecule has 2 heterocycles. The van der Waals surface area contributed by atoms with Gasteiger partial charge in [-0.3, -0.25) is 14.6 Å². The molecule has 0 spiro atoms. The van der Waals surface area contributed by atoms with E-state index in [0.29, 0.717) is 11.0 Å². The number of rotatable bonds is 5. The minimum Gasteiger partial charge on any atom is -0.325 e. The van der Waals surface area contributed by atoms with Gasteiger partial charge >= 0.3 is 0 Å². The van der Waals surface area contributed by atoms with Crippen molar-refractivity contribution in [3.05, 3.63) is 54.4 Å². The summed E-state index contributed by atoms with van der Waals surface area (Å²) in [4.78, 5) is 28.3. The van der Waals surface area contributed by atoms with Crippen LogP contribution in [0.2, 0.25) is 0 Å². The van der Waals surface area contributed by atoms with Crippen LogP contribution in [-0.2, 0) is 4.79 Å². The van der Waals surface area contributed by atoms with E-state index in [1.54, 1.807) is 12.3 Å². The lowest BCUT2D eigenvalue weighted by Crippen LogP contribution is -2.15. The summed E-state index contributed by atoms with van der Waals surface area (Å²) >= 11 is 1.16. The molecule has 0 radical (unpaired) electrons. The molecule has 0 saturated carbocycles. The summed E-state index contributed by atoms with van der Waals surface area (Å²) in [6.45, 7) is 3.30. The molecule has 0 fully saturated rings. The van der Waals surface area contributed by atoms with Crippen LogP contribution in [0.25, 0.3) is 11.4 Å². The van der Waals surface area contributed by atoms with Crippen LogP contribution in [0, 0.1) is 6.92 Å². The van der Waals surface area contributed by atoms with Crippen LogP contribution in [0.15, 0.2) is 53.8 Å². The molecule has 1 amide bonds. The number of para-hydroxylation sites is 1. The van der Waals surface area contributed by atoms with E-state index in [1.807, 2.05) is 43.3 Å². The number of thioether (sulfide) groups is 1. The Hall–Kier alpha value is -3.00. The molecule has 0 atom stereocenters. The molecule has 1 aromatic carbocycles. The average Bonchev–Trinajstić information content (AvgIpc) is 3.05. The molecule has 0 aliphatic heterocycles. The molecule has 7 nitrogen and oxygen atoms in total. The molecule has 0 bridgehead atoms. The molecule has 26 heavy (non-hydrogen) atoms. The number of carbonyl (C=O) groups excluding carboxylic acids is 2. The topological polar surface area (TPSA) is 89.8 Å². The van der Waals surface area contributed by atoms with E-state index >= 15 is 0 Å². The molecule has 8 heteroatoms. The molecule has 0 unspecified atom stereocenters. The molecule has 3 rings (SSSR count). The second kappa shape index (κ2) is 7.92. The third-order valence-electron chi connectivity index (χ3n) is 3.49. The molecule has 0 aliphatic rings. The van der Waals surface area contributed by atoms with Crippen molar-refractivity contribution in [2.75, 3.05) is 11.1 Å². The summed E-state index contributed by atoms with van der Waals surface area (Å²) in [6.07, 6.45) is 1.66. The van der Waals surface area contributed by atoms with E-state index < -0.39 is 0 Å². The van der Waals surface area contributed by atoms with Gasteiger partial charge in [0, 0.05) is 30.1 Å². The first-order valence-electron chi connectivity index (χ1n) is 7.91. The molecule has 132 valence electrons. The first-order chi connectivity index (χ1) is 12.5. The van der Waals surface area contributed by atoms with Gasteiger partial charge in [-0.05, 0) is 31.2 Å². The highest BCUT2D eigenvalue weighted by atomic mass is 32.2. The normalized spacial score (nSPS) is 10.5. The number of carbonyl (C=O) groups is 2. The Morgan fingerprint density at radius 3 is 2.62 bits per heavy atom. The van der Waals surface area contributed by atoms with E-state index in [4.69, 9.17) is 0 Å². The number of nitrogens with zero attached hydrogens (tertiary/aromatic N) is 4. The van der Waals surface area contributed by atoms with Gasteiger partial charge in [-0.2, -0.15) is 0 Å². The Balaban J connectivity index is 1.76. The van der Waals surface area contributed by atoms with Gasteiger partial charge in [0.15, 0.2) is 11.0 Å². The zero-order valence-electron chi connectivity index (χ0n) is 14.3. The van der Waals surface area contributed by atoms with Crippen LogP contribution < -0.4 is 5.32 Å². The number of anilines is 1. The minimum atomic E-state index is -0.217. The number of nitrogens with one attached hydrogen (secondary N) is 1. The van der Waals surface area contributed by atoms with Crippen LogP contribution >= 0.6 is 11.8 Å². The monoisotopic (exact) mass is 367 g/mol. The summed E-state index contributed by atoms with van der Waals surface area (Å²) in [5.74, 6) is 0.162. The van der Waals surface area contributed by atoms with Crippen LogP contribution in [0.3, 0.4) is 0 Å². The van der Waals surface area contributed by atoms with Gasteiger partial charge in [-0.1, -0.05) is 30.0 Å². The molecular weight excluding hydrogens is 350 g/mol. The fraction of sp³-hybridized carbons (Fsp3) is 0.167. The quantitative estimate of drug-likeness (QED) is 0.697. The van der Waals surface area contributed by atoms with E-state index in [0.717, 1.165) is 28.7 Å². The van der Waals surface area contributed by atoms with Crippen LogP contribution in [0.4, 0.5) is 5.69 Å². The zero-order valence-corrected chi connectivity index (χ0v) is 15.2. The summed E-state index contributed by atoms with van der Waals surface area (Å²) in [6, 6.07) is 12.8. The highest BCUT2D eigenvalue weighted by molar-refractivity contribution is 7.99. The predicted octanol–water partition coefficient (Wildman–Crippen LogP) is 3.04. The Bertz CT molecular complexity index is 940. The van der Waals surface area contributed by atoms with Crippen LogP contribution in [0.1, 0.15) is 17.4 Å². The van der Waals surface area contributed by atoms with Gasteiger partial charge < -0.3 is 5.32 Å². The lowest BCUT2D eigenvalue weighted by atomic mass is 10.2. The largest absolute Gasteiger partial charge is 0.325 e. The molecule has 1 N–H and O–H groups in total. The second-order valence-corrected chi connectivity index (χ2v) is 6.49. The Morgan fingerprint density at radius 1 is 1.15 bits per heavy atom. The van der Waals surface area contributed by atoms with Gasteiger partial charge in [0.25, 0.3) is 0 Å². The highest BCUT2D eigenvalue weighted by Crippen LogP contribution is 2.24. The predicted molar refractivity (Wildman–Crippen MR) is 100 cm³/mol. The molecule has 0 aliphatic carbocycles. The van der Waals surface area contributed by atoms with Crippen molar-refractivity contribution in [1.29, 1.82) is 0 Å². The summed E-state index contributed by atoms with van der Waals surface area (Å²) in [5, 5.41) is 11.4. The molecular formula is C18H17N5O2S. The second-order valence-electron chi connectivity index (χ2n) is 5.55. The van der Waals surface area contributed by atoms with Gasteiger partial charge in [-0.15, -0.1) is 10.2 Å². The van der Waals surface area contributed by atoms with E-state index in [-0.39, 0.29) is 17.6 Å². The number of aromatic nitrogens is 4. The van der Waals surface area contributed by atoms with Gasteiger partial charge in [0.05, 0.1) is 5.75 Å². The summed E-state index contributed by atoms with van der Waals surface area (Å²) in [5.41, 5.74) is 2.29. The van der Waals surface area contributed by atoms with Crippen molar-refractivity contribution >= 4 is 29.3 Å². The molecule has 0 saturated heterocycles. The highest BCUT2D eigenvalue weighted by Gasteiger charge is 2.18. The van der Waals surface area contributed by atoms with Gasteiger partial charge in [0.1, 0.15) is 0 Å². The maximum absolute atomic E-state index is 12.1. The van der Waals surface area contributed by atoms with E-state index in [9.17, 15) is 9.59 Å². The summed E-state index contributed by atoms with van der Waals surface area (Å²) < 4.78 is 1.41. The van der Waals surface area contributed by atoms with Gasteiger partial charge in [0.2, 0.25) is 11.8 Å². The maximum atomic E-state index is 12.1. The average molecular weight is 367 g/mol. The number of amides is 1. The third kappa shape index (κ3) is 4.15. The van der Waals surface area contributed by atoms with E-state index in [1.165, 1.54) is 11.5 Å². The molecule has 3 aromatic rings. The van der Waals surface area contributed by atoms with Crippen LogP contribution in [-0.4, -0.2) is 37.3 Å². The van der Waals surface area contributed by atoms with Crippen molar-refractivity contribution in [2.45, 2.75) is 19.0 Å². The number of benzene rings is 1. The van der Waals surface area contributed by atoms with E-state index in [2.05, 4.69) is 20.5 Å². The van der Waals surface area contributed by atoms with Crippen LogP contribution in [0.5, 0.6) is 0 Å². The molecule has 2 aromatic heterocycles. The van der Waals surface area contributed by atoms with Crippen molar-refractivity contribution in [3.8, 4) is 11.4 Å². The Morgan fingerprint density at radius 2 is 1.92 bits per heavy atom. The van der Waals surface area contributed by atoms with Crippen molar-refractivity contribution in [2.24, 2.45) is 0 Å². The number of pyridine rings is 1. The van der Waals surface area contributed by atoms with Crippen molar-refractivity contribution in [1.82, 2.24) is 19.7 Å². The number of aryl methyl sites for hydroxylation is 1. The lowest BCUT2D eigenvalue weighted by molar-refractivity contribution is -0.113. The SMILES string of the molecule is CC(=O)n1c(SCC(=O)Nc2ccccc2)nnc1-c1ccnc(C)c1. The smallest absolute Gasteiger partial charge is 0.234 e. The lowest BCUT2D eigenvalue weighted by Gasteiger charge is -2.07.